The Morgan fingerprint density at radius 3 is 2.83 bits per heavy atom. The van der Waals surface area contributed by atoms with E-state index in [1.807, 2.05) is 13.8 Å². The second-order valence-corrected chi connectivity index (χ2v) is 6.34. The first kappa shape index (κ1) is 17.8. The third-order valence-corrected chi connectivity index (χ3v) is 3.93. The van der Waals surface area contributed by atoms with Crippen molar-refractivity contribution in [2.45, 2.75) is 38.9 Å². The minimum atomic E-state index is -4.17. The van der Waals surface area contributed by atoms with E-state index in [2.05, 4.69) is 10.4 Å². The molecular weight excluding hydrogens is 309 g/mol. The monoisotopic (exact) mass is 332 g/mol. The minimum Gasteiger partial charge on any atom is -0.350 e. The number of rotatable bonds is 5. The number of piperidine rings is 1. The number of hydrogen-bond donors (Lipinski definition) is 1. The molecule has 0 bridgehead atoms. The van der Waals surface area contributed by atoms with Gasteiger partial charge in [0.1, 0.15) is 5.69 Å². The van der Waals surface area contributed by atoms with Crippen LogP contribution in [0, 0.1) is 5.92 Å². The molecule has 0 spiro atoms. The maximum absolute atomic E-state index is 12.4. The molecule has 1 aromatic rings. The molecule has 1 aromatic heterocycles. The molecule has 1 unspecified atom stereocenters. The van der Waals surface area contributed by atoms with Crippen molar-refractivity contribution in [3.8, 4) is 0 Å². The van der Waals surface area contributed by atoms with Gasteiger partial charge >= 0.3 is 6.18 Å². The van der Waals surface area contributed by atoms with Gasteiger partial charge in [-0.3, -0.25) is 14.4 Å². The van der Waals surface area contributed by atoms with Crippen LogP contribution in [-0.2, 0) is 0 Å². The lowest BCUT2D eigenvalue weighted by atomic mass is 9.98. The highest BCUT2D eigenvalue weighted by Crippen LogP contribution is 2.22. The summed E-state index contributed by atoms with van der Waals surface area (Å²) >= 11 is 0. The van der Waals surface area contributed by atoms with E-state index in [1.165, 1.54) is 4.90 Å². The molecule has 0 aromatic carbocycles. The number of hydrogen-bond acceptors (Lipinski definition) is 3. The number of aromatic nitrogens is 2. The first-order valence-electron chi connectivity index (χ1n) is 7.87. The lowest BCUT2D eigenvalue weighted by Gasteiger charge is -2.33. The Hall–Kier alpha value is -1.57. The van der Waals surface area contributed by atoms with Gasteiger partial charge in [0.2, 0.25) is 0 Å². The fraction of sp³-hybridized carbons (Fsp3) is 0.733. The summed E-state index contributed by atoms with van der Waals surface area (Å²) in [4.78, 5) is 13.5. The highest BCUT2D eigenvalue weighted by molar-refractivity contribution is 5.92. The van der Waals surface area contributed by atoms with Crippen LogP contribution in [0.15, 0.2) is 12.3 Å². The van der Waals surface area contributed by atoms with Gasteiger partial charge in [0.15, 0.2) is 0 Å². The highest BCUT2D eigenvalue weighted by atomic mass is 19.4. The zero-order chi connectivity index (χ0) is 17.0. The summed E-state index contributed by atoms with van der Waals surface area (Å²) in [6.45, 7) is 4.25. The summed E-state index contributed by atoms with van der Waals surface area (Å²) in [7, 11) is 0. The Labute approximate surface area is 133 Å². The van der Waals surface area contributed by atoms with Crippen LogP contribution in [0.2, 0.25) is 0 Å². The molecular formula is C15H23F3N4O. The van der Waals surface area contributed by atoms with Crippen molar-refractivity contribution in [2.24, 2.45) is 5.92 Å². The van der Waals surface area contributed by atoms with E-state index in [0.29, 0.717) is 25.3 Å². The predicted octanol–water partition coefficient (Wildman–Crippen LogP) is 2.47. The number of nitrogens with one attached hydrogen (secondary N) is 1. The van der Waals surface area contributed by atoms with Crippen molar-refractivity contribution in [1.82, 2.24) is 20.0 Å². The third kappa shape index (κ3) is 5.53. The number of likely N-dealkylation sites (tertiary alicyclic amines) is 1. The van der Waals surface area contributed by atoms with Crippen molar-refractivity contribution in [3.05, 3.63) is 18.0 Å². The fourth-order valence-electron chi connectivity index (χ4n) is 2.79. The maximum atomic E-state index is 12.4. The van der Waals surface area contributed by atoms with Gasteiger partial charge in [-0.15, -0.1) is 0 Å². The summed E-state index contributed by atoms with van der Waals surface area (Å²) in [6, 6.07) is 1.82. The van der Waals surface area contributed by atoms with Crippen LogP contribution < -0.4 is 5.32 Å². The van der Waals surface area contributed by atoms with Gasteiger partial charge in [0, 0.05) is 25.3 Å². The molecule has 0 saturated carbocycles. The quantitative estimate of drug-likeness (QED) is 0.901. The number of halogens is 3. The normalized spacial score (nSPS) is 20.0. The first-order valence-corrected chi connectivity index (χ1v) is 7.87. The van der Waals surface area contributed by atoms with Gasteiger partial charge in [-0.2, -0.15) is 18.3 Å². The van der Waals surface area contributed by atoms with Crippen LogP contribution in [0.5, 0.6) is 0 Å². The second kappa shape index (κ2) is 7.33. The van der Waals surface area contributed by atoms with E-state index in [1.54, 1.807) is 16.9 Å². The largest absolute Gasteiger partial charge is 0.401 e. The van der Waals surface area contributed by atoms with E-state index in [9.17, 15) is 18.0 Å². The summed E-state index contributed by atoms with van der Waals surface area (Å²) in [5.41, 5.74) is 0.335. The van der Waals surface area contributed by atoms with Crippen LogP contribution in [0.1, 0.15) is 43.2 Å². The molecule has 1 aliphatic rings. The predicted molar refractivity (Wildman–Crippen MR) is 80.2 cm³/mol. The van der Waals surface area contributed by atoms with Crippen LogP contribution in [0.3, 0.4) is 0 Å². The fourth-order valence-corrected chi connectivity index (χ4v) is 2.79. The zero-order valence-electron chi connectivity index (χ0n) is 13.4. The van der Waals surface area contributed by atoms with E-state index in [4.69, 9.17) is 0 Å². The standard InChI is InChI=1S/C15H23F3N4O/c1-11(2)22-7-5-13(20-22)14(23)19-8-12-4-3-6-21(9-12)10-15(16,17)18/h5,7,11-12H,3-4,6,8-10H2,1-2H3,(H,19,23). The van der Waals surface area contributed by atoms with E-state index in [0.717, 1.165) is 12.8 Å². The summed E-state index contributed by atoms with van der Waals surface area (Å²) in [6.07, 6.45) is -0.881. The molecule has 2 rings (SSSR count). The van der Waals surface area contributed by atoms with Crippen molar-refractivity contribution >= 4 is 5.91 Å². The van der Waals surface area contributed by atoms with Crippen LogP contribution >= 0.6 is 0 Å². The minimum absolute atomic E-state index is 0.0437. The van der Waals surface area contributed by atoms with E-state index in [-0.39, 0.29) is 17.9 Å². The van der Waals surface area contributed by atoms with Gasteiger partial charge in [-0.25, -0.2) is 0 Å². The average molecular weight is 332 g/mol. The molecule has 1 fully saturated rings. The van der Waals surface area contributed by atoms with Gasteiger partial charge < -0.3 is 5.32 Å². The summed E-state index contributed by atoms with van der Waals surface area (Å²) in [5, 5.41) is 6.96. The Morgan fingerprint density at radius 1 is 1.48 bits per heavy atom. The van der Waals surface area contributed by atoms with E-state index < -0.39 is 12.7 Å². The summed E-state index contributed by atoms with van der Waals surface area (Å²) < 4.78 is 39.0. The van der Waals surface area contributed by atoms with Crippen molar-refractivity contribution < 1.29 is 18.0 Å². The lowest BCUT2D eigenvalue weighted by molar-refractivity contribution is -0.149. The molecule has 8 heteroatoms. The molecule has 1 atom stereocenters. The molecule has 130 valence electrons. The molecule has 23 heavy (non-hydrogen) atoms. The van der Waals surface area contributed by atoms with Crippen molar-refractivity contribution in [2.75, 3.05) is 26.2 Å². The highest BCUT2D eigenvalue weighted by Gasteiger charge is 2.33. The smallest absolute Gasteiger partial charge is 0.350 e. The number of amides is 1. The van der Waals surface area contributed by atoms with Crippen molar-refractivity contribution in [1.29, 1.82) is 0 Å². The molecule has 0 aliphatic carbocycles. The molecule has 1 aliphatic heterocycles. The second-order valence-electron chi connectivity index (χ2n) is 6.34. The van der Waals surface area contributed by atoms with Crippen LogP contribution in [0.4, 0.5) is 13.2 Å². The topological polar surface area (TPSA) is 50.2 Å². The molecule has 5 nitrogen and oxygen atoms in total. The Kier molecular flexibility index (Phi) is 5.67. The van der Waals surface area contributed by atoms with Gasteiger partial charge in [-0.05, 0) is 45.2 Å². The summed E-state index contributed by atoms with van der Waals surface area (Å²) in [5.74, 6) is -0.237. The molecule has 1 N–H and O–H groups in total. The molecule has 2 heterocycles. The van der Waals surface area contributed by atoms with Crippen LogP contribution in [0.25, 0.3) is 0 Å². The Bertz CT molecular complexity index is 527. The first-order chi connectivity index (χ1) is 10.7. The Balaban J connectivity index is 1.81. The van der Waals surface area contributed by atoms with Gasteiger partial charge in [-0.1, -0.05) is 0 Å². The van der Waals surface area contributed by atoms with Crippen molar-refractivity contribution in [3.63, 3.8) is 0 Å². The number of carbonyl (C=O) groups excluding carboxylic acids is 1. The lowest BCUT2D eigenvalue weighted by Crippen LogP contribution is -2.44. The molecule has 1 saturated heterocycles. The SMILES string of the molecule is CC(C)n1ccc(C(=O)NCC2CCCN(CC(F)(F)F)C2)n1. The number of carbonyl (C=O) groups is 1. The third-order valence-electron chi connectivity index (χ3n) is 3.93. The van der Waals surface area contributed by atoms with Gasteiger partial charge in [0.25, 0.3) is 5.91 Å². The average Bonchev–Trinajstić information content (AvgIpc) is 2.93. The molecule has 0 radical (unpaired) electrons. The number of nitrogens with zero attached hydrogens (tertiary/aromatic N) is 3. The Morgan fingerprint density at radius 2 is 2.22 bits per heavy atom. The van der Waals surface area contributed by atoms with Gasteiger partial charge in [0.05, 0.1) is 6.54 Å². The molecule has 1 amide bonds. The van der Waals surface area contributed by atoms with E-state index >= 15 is 0 Å². The van der Waals surface area contributed by atoms with Crippen LogP contribution in [-0.4, -0.2) is 52.9 Å². The maximum Gasteiger partial charge on any atom is 0.401 e. The number of alkyl halides is 3. The zero-order valence-corrected chi connectivity index (χ0v) is 13.4.